The number of aromatic nitrogens is 2. The molecule has 0 amide bonds. The number of benzene rings is 2. The largest absolute Gasteiger partial charge is 0.319 e. The topological polar surface area (TPSA) is 17.8 Å². The lowest BCUT2D eigenvalue weighted by molar-refractivity contribution is 0.857. The van der Waals surface area contributed by atoms with E-state index in [-0.39, 0.29) is 0 Å². The summed E-state index contributed by atoms with van der Waals surface area (Å²) in [7, 11) is 0. The lowest BCUT2D eigenvalue weighted by Gasteiger charge is -2.07. The second-order valence-corrected chi connectivity index (χ2v) is 6.10. The highest BCUT2D eigenvalue weighted by molar-refractivity contribution is 6.00. The normalized spacial score (nSPS) is 14.8. The van der Waals surface area contributed by atoms with E-state index in [2.05, 4.69) is 83.5 Å². The van der Waals surface area contributed by atoms with Crippen molar-refractivity contribution in [3.05, 3.63) is 95.8 Å². The van der Waals surface area contributed by atoms with Gasteiger partial charge in [0.05, 0.1) is 17.9 Å². The molecule has 0 saturated heterocycles. The Bertz CT molecular complexity index is 1000. The summed E-state index contributed by atoms with van der Waals surface area (Å²) in [6.45, 7) is 0.865. The molecule has 2 aliphatic rings. The Morgan fingerprint density at radius 3 is 2.17 bits per heavy atom. The Morgan fingerprint density at radius 1 is 0.750 bits per heavy atom. The molecule has 0 bridgehead atoms. The van der Waals surface area contributed by atoms with Crippen molar-refractivity contribution in [1.29, 1.82) is 0 Å². The van der Waals surface area contributed by atoms with Crippen molar-refractivity contribution >= 4 is 17.2 Å². The Hall–Kier alpha value is -3.13. The average Bonchev–Trinajstić information content (AvgIpc) is 3.10. The molecule has 5 rings (SSSR count). The zero-order valence-electron chi connectivity index (χ0n) is 13.2. The second kappa shape index (κ2) is 5.20. The second-order valence-electron chi connectivity index (χ2n) is 6.10. The van der Waals surface area contributed by atoms with E-state index in [4.69, 9.17) is 4.98 Å². The van der Waals surface area contributed by atoms with Gasteiger partial charge in [0.25, 0.3) is 0 Å². The molecule has 0 N–H and O–H groups in total. The molecule has 0 spiro atoms. The summed E-state index contributed by atoms with van der Waals surface area (Å²) in [5, 5.41) is 0. The molecule has 0 fully saturated rings. The van der Waals surface area contributed by atoms with Crippen LogP contribution in [0, 0.1) is 0 Å². The summed E-state index contributed by atoms with van der Waals surface area (Å²) in [6, 6.07) is 21.1. The van der Waals surface area contributed by atoms with E-state index >= 15 is 0 Å². The van der Waals surface area contributed by atoms with Crippen LogP contribution < -0.4 is 0 Å². The summed E-state index contributed by atoms with van der Waals surface area (Å²) >= 11 is 0. The standard InChI is InChI=1S/C22H16N2/c1-3-9-16(10-4-1)19-15-24-21-18(19)13-7-8-14-20(21)23-22(24)17-11-5-2-6-12-17/h1-14H,15H2. The van der Waals surface area contributed by atoms with Gasteiger partial charge in [0.1, 0.15) is 5.82 Å². The third-order valence-corrected chi connectivity index (χ3v) is 4.67. The highest BCUT2D eigenvalue weighted by Crippen LogP contribution is 2.41. The fourth-order valence-corrected chi connectivity index (χ4v) is 3.58. The van der Waals surface area contributed by atoms with Crippen LogP contribution in [0.15, 0.2) is 78.9 Å². The van der Waals surface area contributed by atoms with E-state index in [1.807, 2.05) is 6.07 Å². The number of hydrogen-bond acceptors (Lipinski definition) is 1. The Kier molecular flexibility index (Phi) is 2.89. The van der Waals surface area contributed by atoms with Gasteiger partial charge in [0.15, 0.2) is 0 Å². The molecule has 1 aromatic heterocycles. The highest BCUT2D eigenvalue weighted by Gasteiger charge is 2.28. The summed E-state index contributed by atoms with van der Waals surface area (Å²) in [5.41, 5.74) is 7.39. The number of rotatable bonds is 2. The number of imidazole rings is 1. The molecular formula is C22H16N2. The van der Waals surface area contributed by atoms with Gasteiger partial charge in [0, 0.05) is 11.1 Å². The van der Waals surface area contributed by atoms with Crippen molar-refractivity contribution in [3.8, 4) is 11.4 Å². The molecule has 1 aliphatic carbocycles. The molecule has 2 heterocycles. The minimum absolute atomic E-state index is 0.865. The van der Waals surface area contributed by atoms with Gasteiger partial charge in [0.2, 0.25) is 0 Å². The smallest absolute Gasteiger partial charge is 0.141 e. The molecule has 1 aliphatic heterocycles. The van der Waals surface area contributed by atoms with E-state index in [9.17, 15) is 0 Å². The summed E-state index contributed by atoms with van der Waals surface area (Å²) < 4.78 is 2.35. The molecule has 0 radical (unpaired) electrons. The maximum atomic E-state index is 4.91. The molecule has 2 heteroatoms. The lowest BCUT2D eigenvalue weighted by Crippen LogP contribution is -1.99. The first-order valence-electron chi connectivity index (χ1n) is 8.21. The maximum Gasteiger partial charge on any atom is 0.141 e. The van der Waals surface area contributed by atoms with Gasteiger partial charge in [-0.05, 0) is 17.2 Å². The fraction of sp³-hybridized carbons (Fsp3) is 0.0455. The van der Waals surface area contributed by atoms with Crippen molar-refractivity contribution in [2.75, 3.05) is 0 Å². The number of allylic oxidation sites excluding steroid dienone is 5. The Balaban J connectivity index is 1.74. The molecule has 2 nitrogen and oxygen atoms in total. The van der Waals surface area contributed by atoms with Crippen LogP contribution in [0.1, 0.15) is 17.0 Å². The quantitative estimate of drug-likeness (QED) is 0.647. The van der Waals surface area contributed by atoms with Gasteiger partial charge in [-0.3, -0.25) is 0 Å². The van der Waals surface area contributed by atoms with E-state index in [0.29, 0.717) is 0 Å². The summed E-state index contributed by atoms with van der Waals surface area (Å²) in [5.74, 6) is 1.05. The van der Waals surface area contributed by atoms with Crippen molar-refractivity contribution in [3.63, 3.8) is 0 Å². The van der Waals surface area contributed by atoms with Crippen LogP contribution >= 0.6 is 0 Å². The van der Waals surface area contributed by atoms with Crippen LogP contribution in [0.25, 0.3) is 28.6 Å². The number of nitrogens with zero attached hydrogens (tertiary/aromatic N) is 2. The zero-order valence-corrected chi connectivity index (χ0v) is 13.2. The highest BCUT2D eigenvalue weighted by atomic mass is 15.1. The van der Waals surface area contributed by atoms with Crippen molar-refractivity contribution in [1.82, 2.24) is 9.55 Å². The van der Waals surface area contributed by atoms with Gasteiger partial charge in [-0.15, -0.1) is 0 Å². The van der Waals surface area contributed by atoms with Crippen LogP contribution in [-0.2, 0) is 6.54 Å². The SMILES string of the molecule is C1=CC2=C(c3ccccc3)Cn3c(-c4ccccc4)nc(c32)C=C1. The van der Waals surface area contributed by atoms with Crippen molar-refractivity contribution in [2.45, 2.75) is 6.54 Å². The first-order chi connectivity index (χ1) is 11.9. The predicted molar refractivity (Wildman–Crippen MR) is 99.1 cm³/mol. The predicted octanol–water partition coefficient (Wildman–Crippen LogP) is 5.06. The first kappa shape index (κ1) is 13.3. The van der Waals surface area contributed by atoms with Crippen LogP contribution in [0.5, 0.6) is 0 Å². The molecule has 24 heavy (non-hydrogen) atoms. The minimum Gasteiger partial charge on any atom is -0.319 e. The van der Waals surface area contributed by atoms with Crippen LogP contribution in [0.3, 0.4) is 0 Å². The van der Waals surface area contributed by atoms with Gasteiger partial charge < -0.3 is 4.57 Å². The van der Waals surface area contributed by atoms with E-state index < -0.39 is 0 Å². The minimum atomic E-state index is 0.865. The zero-order chi connectivity index (χ0) is 15.9. The van der Waals surface area contributed by atoms with Crippen molar-refractivity contribution < 1.29 is 0 Å². The number of hydrogen-bond donors (Lipinski definition) is 0. The molecule has 0 saturated carbocycles. The first-order valence-corrected chi connectivity index (χ1v) is 8.21. The fourth-order valence-electron chi connectivity index (χ4n) is 3.58. The van der Waals surface area contributed by atoms with Crippen molar-refractivity contribution in [2.24, 2.45) is 0 Å². The van der Waals surface area contributed by atoms with Gasteiger partial charge >= 0.3 is 0 Å². The van der Waals surface area contributed by atoms with Gasteiger partial charge in [-0.25, -0.2) is 4.98 Å². The van der Waals surface area contributed by atoms with Crippen LogP contribution in [0.2, 0.25) is 0 Å². The molecule has 3 aromatic rings. The maximum absolute atomic E-state index is 4.91. The third kappa shape index (κ3) is 1.93. The van der Waals surface area contributed by atoms with E-state index in [1.54, 1.807) is 0 Å². The Morgan fingerprint density at radius 2 is 1.42 bits per heavy atom. The van der Waals surface area contributed by atoms with Gasteiger partial charge in [-0.1, -0.05) is 78.9 Å². The Labute approximate surface area is 141 Å². The molecule has 2 aromatic carbocycles. The molecule has 0 unspecified atom stereocenters. The summed E-state index contributed by atoms with van der Waals surface area (Å²) in [4.78, 5) is 4.91. The molecule has 114 valence electrons. The summed E-state index contributed by atoms with van der Waals surface area (Å²) in [6.07, 6.45) is 8.50. The molecular weight excluding hydrogens is 292 g/mol. The van der Waals surface area contributed by atoms with E-state index in [0.717, 1.165) is 23.6 Å². The van der Waals surface area contributed by atoms with Gasteiger partial charge in [-0.2, -0.15) is 0 Å². The third-order valence-electron chi connectivity index (χ3n) is 4.67. The van der Waals surface area contributed by atoms with Crippen LogP contribution in [0.4, 0.5) is 0 Å². The van der Waals surface area contributed by atoms with Crippen LogP contribution in [-0.4, -0.2) is 9.55 Å². The lowest BCUT2D eigenvalue weighted by atomic mass is 10.00. The molecule has 0 atom stereocenters. The average molecular weight is 308 g/mol. The van der Waals surface area contributed by atoms with E-state index in [1.165, 1.54) is 22.4 Å². The monoisotopic (exact) mass is 308 g/mol.